The van der Waals surface area contributed by atoms with Crippen molar-refractivity contribution in [3.05, 3.63) is 5.32 Å². The number of aliphatic imine (C=N–C) groups is 1. The molecule has 0 aromatic carbocycles. The minimum atomic E-state index is -4.23. The maximum absolute atomic E-state index is 11.6. The zero-order valence-corrected chi connectivity index (χ0v) is 10.7. The van der Waals surface area contributed by atoms with Gasteiger partial charge in [0.15, 0.2) is 0 Å². The number of nitrogens with zero attached hydrogens (tertiary/aromatic N) is 2. The molecule has 0 fully saturated rings. The maximum atomic E-state index is 11.6. The van der Waals surface area contributed by atoms with Gasteiger partial charge in [-0.3, -0.25) is 0 Å². The number of amidine groups is 1. The van der Waals surface area contributed by atoms with Gasteiger partial charge in [0.1, 0.15) is 0 Å². The van der Waals surface area contributed by atoms with Gasteiger partial charge in [0.05, 0.1) is 0 Å². The van der Waals surface area contributed by atoms with Gasteiger partial charge in [-0.25, -0.2) is 0 Å². The molecule has 0 bridgehead atoms. The first-order valence-electron chi connectivity index (χ1n) is 3.60. The molecule has 0 aromatic rings. The molecule has 0 N–H and O–H groups in total. The largest absolute Gasteiger partial charge is 0.467 e. The van der Waals surface area contributed by atoms with Crippen molar-refractivity contribution in [1.82, 2.24) is 0 Å². The zero-order chi connectivity index (χ0) is 9.78. The summed E-state index contributed by atoms with van der Waals surface area (Å²) in [6.07, 6.45) is -4.23. The fraction of sp³-hybridized carbons (Fsp3) is 0.857. The van der Waals surface area contributed by atoms with E-state index in [2.05, 4.69) is 10.3 Å². The van der Waals surface area contributed by atoms with Crippen LogP contribution in [0.15, 0.2) is 4.99 Å². The zero-order valence-electron chi connectivity index (χ0n) is 7.89. The van der Waals surface area contributed by atoms with Crippen molar-refractivity contribution < 1.29 is 45.9 Å². The SMILES string of the molecule is CC(=NC(C)C)[N-]CC(F)(F)F.[Y]. The van der Waals surface area contributed by atoms with E-state index >= 15 is 0 Å². The molecule has 0 rings (SSSR count). The first-order valence-corrected chi connectivity index (χ1v) is 3.60. The van der Waals surface area contributed by atoms with E-state index in [-0.39, 0.29) is 44.6 Å². The summed E-state index contributed by atoms with van der Waals surface area (Å²) in [6.45, 7) is 3.89. The third kappa shape index (κ3) is 12.4. The predicted octanol–water partition coefficient (Wildman–Crippen LogP) is 2.75. The molecule has 0 aromatic heterocycles. The average molecular weight is 270 g/mol. The van der Waals surface area contributed by atoms with Crippen LogP contribution in [0.3, 0.4) is 0 Å². The Balaban J connectivity index is 0. The van der Waals surface area contributed by atoms with Crippen molar-refractivity contribution in [2.24, 2.45) is 4.99 Å². The van der Waals surface area contributed by atoms with E-state index in [0.717, 1.165) is 0 Å². The number of hydrogen-bond acceptors (Lipinski definition) is 1. The van der Waals surface area contributed by atoms with E-state index in [0.29, 0.717) is 0 Å². The molecule has 2 nitrogen and oxygen atoms in total. The van der Waals surface area contributed by atoms with Crippen LogP contribution in [0.4, 0.5) is 13.2 Å². The second-order valence-corrected chi connectivity index (χ2v) is 2.70. The van der Waals surface area contributed by atoms with Gasteiger partial charge in [0.2, 0.25) is 0 Å². The van der Waals surface area contributed by atoms with Crippen LogP contribution in [-0.4, -0.2) is 24.6 Å². The molecule has 0 atom stereocenters. The first kappa shape index (κ1) is 15.8. The molecule has 6 heteroatoms. The van der Waals surface area contributed by atoms with Gasteiger partial charge < -0.3 is 10.3 Å². The summed E-state index contributed by atoms with van der Waals surface area (Å²) < 4.78 is 34.8. The summed E-state index contributed by atoms with van der Waals surface area (Å²) in [4.78, 5) is 3.83. The Morgan fingerprint density at radius 1 is 1.38 bits per heavy atom. The van der Waals surface area contributed by atoms with Crippen molar-refractivity contribution >= 4 is 5.84 Å². The number of hydrogen-bond donors (Lipinski definition) is 0. The standard InChI is InChI=1S/C7H12F3N2.Y/c1-5(2)12-6(3)11-4-7(8,9)10;/h5H,4H2,1-3H3;/q-1;. The van der Waals surface area contributed by atoms with Crippen LogP contribution < -0.4 is 0 Å². The third-order valence-corrected chi connectivity index (χ3v) is 0.932. The second-order valence-electron chi connectivity index (χ2n) is 2.70. The van der Waals surface area contributed by atoms with Crippen molar-refractivity contribution in [2.45, 2.75) is 33.0 Å². The number of rotatable bonds is 2. The van der Waals surface area contributed by atoms with Crippen molar-refractivity contribution in [3.8, 4) is 0 Å². The van der Waals surface area contributed by atoms with Crippen LogP contribution in [0, 0.1) is 0 Å². The monoisotopic (exact) mass is 270 g/mol. The molecule has 0 heterocycles. The average Bonchev–Trinajstić information content (AvgIpc) is 1.80. The molecule has 0 aliphatic rings. The van der Waals surface area contributed by atoms with Gasteiger partial charge in [-0.1, -0.05) is 19.7 Å². The van der Waals surface area contributed by atoms with E-state index in [1.165, 1.54) is 6.92 Å². The molecular formula is C7H12F3N2Y-. The summed E-state index contributed by atoms with van der Waals surface area (Å²) in [7, 11) is 0. The first-order chi connectivity index (χ1) is 5.31. The van der Waals surface area contributed by atoms with E-state index in [1.807, 2.05) is 0 Å². The predicted molar refractivity (Wildman–Crippen MR) is 42.5 cm³/mol. The van der Waals surface area contributed by atoms with Crippen molar-refractivity contribution in [2.75, 3.05) is 6.54 Å². The van der Waals surface area contributed by atoms with Crippen LogP contribution in [0.1, 0.15) is 20.8 Å². The molecule has 0 saturated heterocycles. The van der Waals surface area contributed by atoms with Gasteiger partial charge >= 0.3 is 6.18 Å². The molecule has 1 radical (unpaired) electrons. The van der Waals surface area contributed by atoms with Crippen LogP contribution in [-0.2, 0) is 32.7 Å². The van der Waals surface area contributed by atoms with E-state index in [1.54, 1.807) is 13.8 Å². The molecule has 13 heavy (non-hydrogen) atoms. The Bertz CT molecular complexity index is 166. The summed E-state index contributed by atoms with van der Waals surface area (Å²) in [5.74, 6) is 0.197. The maximum Gasteiger partial charge on any atom is 0.388 e. The van der Waals surface area contributed by atoms with E-state index < -0.39 is 12.7 Å². The molecule has 0 saturated carbocycles. The third-order valence-electron chi connectivity index (χ3n) is 0.932. The Labute approximate surface area is 101 Å². The molecule has 0 aliphatic carbocycles. The van der Waals surface area contributed by atoms with E-state index in [4.69, 9.17) is 0 Å². The molecule has 75 valence electrons. The minimum absolute atomic E-state index is 0. The van der Waals surface area contributed by atoms with Crippen LogP contribution in [0.25, 0.3) is 5.32 Å². The minimum Gasteiger partial charge on any atom is -0.467 e. The quantitative estimate of drug-likeness (QED) is 0.545. The van der Waals surface area contributed by atoms with Gasteiger partial charge in [0, 0.05) is 39.3 Å². The molecule has 0 amide bonds. The van der Waals surface area contributed by atoms with Crippen LogP contribution >= 0.6 is 0 Å². The van der Waals surface area contributed by atoms with Gasteiger partial charge in [-0.05, 0) is 13.0 Å². The summed E-state index contributed by atoms with van der Waals surface area (Å²) in [5, 5.41) is 3.26. The van der Waals surface area contributed by atoms with Gasteiger partial charge in [-0.15, -0.1) is 0 Å². The normalized spacial score (nSPS) is 12.7. The molecular weight excluding hydrogens is 258 g/mol. The Hall–Kier alpha value is 0.364. The number of halogens is 3. The summed E-state index contributed by atoms with van der Waals surface area (Å²) in [5.41, 5.74) is 0. The smallest absolute Gasteiger partial charge is 0.388 e. The molecule has 0 aliphatic heterocycles. The number of alkyl halides is 3. The molecule has 0 unspecified atom stereocenters. The van der Waals surface area contributed by atoms with Crippen LogP contribution in [0.2, 0.25) is 0 Å². The van der Waals surface area contributed by atoms with E-state index in [9.17, 15) is 13.2 Å². The Morgan fingerprint density at radius 3 is 2.15 bits per heavy atom. The van der Waals surface area contributed by atoms with Crippen molar-refractivity contribution in [1.29, 1.82) is 0 Å². The van der Waals surface area contributed by atoms with Gasteiger partial charge in [-0.2, -0.15) is 13.2 Å². The fourth-order valence-electron chi connectivity index (χ4n) is 0.619. The second kappa shape index (κ2) is 6.76. The Morgan fingerprint density at radius 2 is 1.85 bits per heavy atom. The van der Waals surface area contributed by atoms with Gasteiger partial charge in [0.25, 0.3) is 0 Å². The van der Waals surface area contributed by atoms with Crippen LogP contribution in [0.5, 0.6) is 0 Å². The Kier molecular flexibility index (Phi) is 8.23. The topological polar surface area (TPSA) is 26.5 Å². The van der Waals surface area contributed by atoms with Crippen molar-refractivity contribution in [3.63, 3.8) is 0 Å². The summed E-state index contributed by atoms with van der Waals surface area (Å²) >= 11 is 0. The molecule has 0 spiro atoms. The fourth-order valence-corrected chi connectivity index (χ4v) is 0.619. The summed E-state index contributed by atoms with van der Waals surface area (Å²) in [6, 6.07) is -0.0121.